The van der Waals surface area contributed by atoms with Gasteiger partial charge in [0.1, 0.15) is 5.56 Å². The summed E-state index contributed by atoms with van der Waals surface area (Å²) in [6.07, 6.45) is 1.07. The Morgan fingerprint density at radius 3 is 2.55 bits per heavy atom. The molecule has 2 N–H and O–H groups in total. The summed E-state index contributed by atoms with van der Waals surface area (Å²) in [4.78, 5) is 28.8. The summed E-state index contributed by atoms with van der Waals surface area (Å²) >= 11 is 0. The van der Waals surface area contributed by atoms with Gasteiger partial charge >= 0.3 is 5.97 Å². The maximum Gasteiger partial charge on any atom is 0.341 e. The molecule has 164 valence electrons. The van der Waals surface area contributed by atoms with Crippen LogP contribution in [0, 0.1) is 0 Å². The number of aromatic amines is 1. The molecule has 0 spiro atoms. The summed E-state index contributed by atoms with van der Waals surface area (Å²) in [7, 11) is 2.08. The van der Waals surface area contributed by atoms with Crippen molar-refractivity contribution in [2.75, 3.05) is 13.1 Å². The van der Waals surface area contributed by atoms with Gasteiger partial charge in [0, 0.05) is 43.3 Å². The van der Waals surface area contributed by atoms with Crippen LogP contribution in [0.25, 0.3) is 22.2 Å². The van der Waals surface area contributed by atoms with Gasteiger partial charge in [-0.15, -0.1) is 0 Å². The van der Waals surface area contributed by atoms with Crippen LogP contribution in [-0.4, -0.2) is 50.8 Å². The summed E-state index contributed by atoms with van der Waals surface area (Å²) in [6, 6.07) is 9.78. The molecule has 4 rings (SSSR count). The van der Waals surface area contributed by atoms with E-state index in [1.54, 1.807) is 0 Å². The van der Waals surface area contributed by atoms with Gasteiger partial charge in [0.2, 0.25) is 0 Å². The van der Waals surface area contributed by atoms with Crippen molar-refractivity contribution in [3.8, 4) is 11.3 Å². The van der Waals surface area contributed by atoms with Crippen molar-refractivity contribution < 1.29 is 14.6 Å². The summed E-state index contributed by atoms with van der Waals surface area (Å²) in [5.74, 6) is -1.21. The Labute approximate surface area is 181 Å². The fourth-order valence-electron chi connectivity index (χ4n) is 4.62. The van der Waals surface area contributed by atoms with Crippen LogP contribution >= 0.6 is 0 Å². The van der Waals surface area contributed by atoms with Crippen LogP contribution in [0.2, 0.25) is 0 Å². The van der Waals surface area contributed by atoms with Gasteiger partial charge < -0.3 is 19.4 Å². The van der Waals surface area contributed by atoms with E-state index in [2.05, 4.69) is 53.5 Å². The van der Waals surface area contributed by atoms with Crippen LogP contribution in [0.15, 0.2) is 35.1 Å². The van der Waals surface area contributed by atoms with E-state index in [0.717, 1.165) is 41.7 Å². The molecule has 2 atom stereocenters. The Hall–Kier alpha value is -2.90. The number of carbonyl (C=O) groups is 1. The average molecular weight is 424 g/mol. The SMILES string of the molecule is CCc1cc(C(=O)O)c(=O)[nH]c1-c1ccc2c(c1)cc(CN1CC(C)OC(C)C1)n2C. The van der Waals surface area contributed by atoms with Gasteiger partial charge in [-0.1, -0.05) is 13.0 Å². The van der Waals surface area contributed by atoms with E-state index < -0.39 is 11.5 Å². The van der Waals surface area contributed by atoms with E-state index in [1.807, 2.05) is 13.0 Å². The monoisotopic (exact) mass is 423 g/mol. The van der Waals surface area contributed by atoms with Gasteiger partial charge in [0.15, 0.2) is 0 Å². The number of morpholine rings is 1. The van der Waals surface area contributed by atoms with Crippen LogP contribution in [0.4, 0.5) is 0 Å². The number of hydrogen-bond acceptors (Lipinski definition) is 4. The number of fused-ring (bicyclic) bond motifs is 1. The Kier molecular flexibility index (Phi) is 5.73. The lowest BCUT2D eigenvalue weighted by atomic mass is 10.0. The molecule has 1 aliphatic rings. The van der Waals surface area contributed by atoms with Crippen LogP contribution in [-0.2, 0) is 24.8 Å². The highest BCUT2D eigenvalue weighted by atomic mass is 16.5. The number of benzene rings is 1. The van der Waals surface area contributed by atoms with Gasteiger partial charge in [-0.3, -0.25) is 9.69 Å². The molecule has 0 aliphatic carbocycles. The maximum absolute atomic E-state index is 12.3. The second-order valence-electron chi connectivity index (χ2n) is 8.49. The standard InChI is InChI=1S/C24H29N3O4/c1-5-16-10-20(24(29)30)23(28)25-22(16)17-6-7-21-18(8-17)9-19(26(21)4)13-27-11-14(2)31-15(3)12-27/h6-10,14-15H,5,11-13H2,1-4H3,(H,25,28)(H,29,30). The molecule has 7 nitrogen and oxygen atoms in total. The molecule has 0 bridgehead atoms. The Balaban J connectivity index is 1.70. The minimum atomic E-state index is -1.21. The van der Waals surface area contributed by atoms with E-state index in [4.69, 9.17) is 4.74 Å². The number of carboxylic acids is 1. The Morgan fingerprint density at radius 2 is 1.90 bits per heavy atom. The molecule has 3 aromatic rings. The van der Waals surface area contributed by atoms with Crippen LogP contribution in [0.1, 0.15) is 42.4 Å². The molecule has 1 aromatic carbocycles. The average Bonchev–Trinajstić information content (AvgIpc) is 3.01. The predicted molar refractivity (Wildman–Crippen MR) is 121 cm³/mol. The number of rotatable bonds is 5. The lowest BCUT2D eigenvalue weighted by Crippen LogP contribution is -2.45. The second kappa shape index (κ2) is 8.32. The van der Waals surface area contributed by atoms with Gasteiger partial charge in [-0.05, 0) is 55.7 Å². The smallest absolute Gasteiger partial charge is 0.341 e. The molecule has 1 aliphatic heterocycles. The largest absolute Gasteiger partial charge is 0.477 e. The summed E-state index contributed by atoms with van der Waals surface area (Å²) in [5, 5.41) is 10.3. The molecule has 0 amide bonds. The van der Waals surface area contributed by atoms with E-state index >= 15 is 0 Å². The van der Waals surface area contributed by atoms with Crippen molar-refractivity contribution in [2.24, 2.45) is 7.05 Å². The third-order valence-corrected chi connectivity index (χ3v) is 6.05. The number of ether oxygens (including phenoxy) is 1. The molecule has 3 heterocycles. The maximum atomic E-state index is 12.3. The van der Waals surface area contributed by atoms with E-state index in [9.17, 15) is 14.7 Å². The molecule has 31 heavy (non-hydrogen) atoms. The number of aromatic carboxylic acids is 1. The number of nitrogens with zero attached hydrogens (tertiary/aromatic N) is 2. The van der Waals surface area contributed by atoms with Crippen LogP contribution in [0.5, 0.6) is 0 Å². The van der Waals surface area contributed by atoms with Crippen molar-refractivity contribution >= 4 is 16.9 Å². The van der Waals surface area contributed by atoms with Crippen molar-refractivity contribution in [3.05, 3.63) is 57.5 Å². The minimum absolute atomic E-state index is 0.224. The summed E-state index contributed by atoms with van der Waals surface area (Å²) in [6.45, 7) is 8.84. The van der Waals surface area contributed by atoms with Gasteiger partial charge in [0.05, 0.1) is 17.9 Å². The number of H-pyrrole nitrogens is 1. The molecule has 0 radical (unpaired) electrons. The second-order valence-corrected chi connectivity index (χ2v) is 8.49. The number of aryl methyl sites for hydroxylation is 2. The zero-order valence-corrected chi connectivity index (χ0v) is 18.4. The van der Waals surface area contributed by atoms with Gasteiger partial charge in [-0.2, -0.15) is 0 Å². The molecule has 1 saturated heterocycles. The van der Waals surface area contributed by atoms with E-state index in [-0.39, 0.29) is 17.8 Å². The molecule has 2 aromatic heterocycles. The first kappa shape index (κ1) is 21.3. The fourth-order valence-corrected chi connectivity index (χ4v) is 4.62. The fraction of sp³-hybridized carbons (Fsp3) is 0.417. The third-order valence-electron chi connectivity index (χ3n) is 6.05. The first-order valence-corrected chi connectivity index (χ1v) is 10.7. The highest BCUT2D eigenvalue weighted by Gasteiger charge is 2.23. The minimum Gasteiger partial charge on any atom is -0.477 e. The number of hydrogen-bond donors (Lipinski definition) is 2. The number of nitrogens with one attached hydrogen (secondary N) is 1. The quantitative estimate of drug-likeness (QED) is 0.657. The van der Waals surface area contributed by atoms with E-state index in [0.29, 0.717) is 12.1 Å². The zero-order valence-electron chi connectivity index (χ0n) is 18.4. The number of pyridine rings is 1. The molecule has 0 saturated carbocycles. The van der Waals surface area contributed by atoms with Crippen molar-refractivity contribution in [1.29, 1.82) is 0 Å². The molecular formula is C24H29N3O4. The number of carboxylic acid groups (broad SMARTS) is 1. The van der Waals surface area contributed by atoms with E-state index in [1.165, 1.54) is 11.8 Å². The van der Waals surface area contributed by atoms with Crippen LogP contribution in [0.3, 0.4) is 0 Å². The molecule has 1 fully saturated rings. The number of aromatic nitrogens is 2. The third kappa shape index (κ3) is 4.16. The van der Waals surface area contributed by atoms with Crippen LogP contribution < -0.4 is 5.56 Å². The highest BCUT2D eigenvalue weighted by Crippen LogP contribution is 2.28. The first-order valence-electron chi connectivity index (χ1n) is 10.7. The highest BCUT2D eigenvalue weighted by molar-refractivity contribution is 5.89. The summed E-state index contributed by atoms with van der Waals surface area (Å²) in [5.41, 5.74) is 3.91. The van der Waals surface area contributed by atoms with Crippen molar-refractivity contribution in [3.63, 3.8) is 0 Å². The van der Waals surface area contributed by atoms with Gasteiger partial charge in [-0.25, -0.2) is 4.79 Å². The molecular weight excluding hydrogens is 394 g/mol. The lowest BCUT2D eigenvalue weighted by molar-refractivity contribution is -0.0709. The normalized spacial score (nSPS) is 19.7. The Morgan fingerprint density at radius 1 is 1.19 bits per heavy atom. The zero-order chi connectivity index (χ0) is 22.3. The van der Waals surface area contributed by atoms with Crippen molar-refractivity contribution in [1.82, 2.24) is 14.5 Å². The summed E-state index contributed by atoms with van der Waals surface area (Å²) < 4.78 is 8.06. The Bertz CT molecular complexity index is 1180. The molecule has 7 heteroatoms. The van der Waals surface area contributed by atoms with Gasteiger partial charge in [0.25, 0.3) is 5.56 Å². The lowest BCUT2D eigenvalue weighted by Gasteiger charge is -2.35. The first-order chi connectivity index (χ1) is 14.8. The topological polar surface area (TPSA) is 87.6 Å². The molecule has 2 unspecified atom stereocenters. The van der Waals surface area contributed by atoms with Crippen molar-refractivity contribution in [2.45, 2.75) is 45.9 Å². The predicted octanol–water partition coefficient (Wildman–Crippen LogP) is 3.40.